The third-order valence-corrected chi connectivity index (χ3v) is 4.95. The van der Waals surface area contributed by atoms with Crippen LogP contribution in [0.3, 0.4) is 0 Å². The van der Waals surface area contributed by atoms with Crippen LogP contribution < -0.4 is 5.32 Å². The fraction of sp³-hybridized carbons (Fsp3) is 0.650. The zero-order valence-corrected chi connectivity index (χ0v) is 15.8. The SMILES string of the molecule is CCC[C@H](NC(=O)[C@@H](C)N1CCN(C[C@@H](C)O)CC1)c1ccccc1. The van der Waals surface area contributed by atoms with E-state index >= 15 is 0 Å². The molecule has 1 heterocycles. The maximum atomic E-state index is 12.8. The second kappa shape index (κ2) is 9.90. The number of amides is 1. The summed E-state index contributed by atoms with van der Waals surface area (Å²) in [6.45, 7) is 10.2. The maximum Gasteiger partial charge on any atom is 0.237 e. The summed E-state index contributed by atoms with van der Waals surface area (Å²) in [7, 11) is 0. The van der Waals surface area contributed by atoms with Crippen molar-refractivity contribution in [1.82, 2.24) is 15.1 Å². The number of piperazine rings is 1. The third-order valence-electron chi connectivity index (χ3n) is 4.95. The average molecular weight is 348 g/mol. The van der Waals surface area contributed by atoms with Crippen LogP contribution in [0.25, 0.3) is 0 Å². The van der Waals surface area contributed by atoms with Crippen molar-refractivity contribution in [1.29, 1.82) is 0 Å². The van der Waals surface area contributed by atoms with E-state index in [1.807, 2.05) is 32.0 Å². The summed E-state index contributed by atoms with van der Waals surface area (Å²) in [5.41, 5.74) is 1.17. The summed E-state index contributed by atoms with van der Waals surface area (Å²) in [5, 5.41) is 12.7. The lowest BCUT2D eigenvalue weighted by Crippen LogP contribution is -2.54. The minimum Gasteiger partial charge on any atom is -0.392 e. The van der Waals surface area contributed by atoms with Gasteiger partial charge in [0.05, 0.1) is 18.2 Å². The molecular weight excluding hydrogens is 314 g/mol. The Labute approximate surface area is 152 Å². The molecule has 0 saturated carbocycles. The van der Waals surface area contributed by atoms with Gasteiger partial charge in [-0.3, -0.25) is 14.6 Å². The standard InChI is InChI=1S/C20H33N3O2/c1-4-8-19(18-9-6-5-7-10-18)21-20(25)17(3)23-13-11-22(12-14-23)15-16(2)24/h5-7,9-10,16-17,19,24H,4,8,11-15H2,1-3H3,(H,21,25)/t16-,17-,19+/m1/s1. The lowest BCUT2D eigenvalue weighted by atomic mass is 10.0. The van der Waals surface area contributed by atoms with Crippen LogP contribution in [0, 0.1) is 0 Å². The number of nitrogens with zero attached hydrogens (tertiary/aromatic N) is 2. The molecule has 1 aliphatic rings. The lowest BCUT2D eigenvalue weighted by molar-refractivity contribution is -0.127. The first-order valence-corrected chi connectivity index (χ1v) is 9.51. The number of β-amino-alcohol motifs (C(OH)–C–C–N with tert-alkyl or cyclic N) is 1. The number of hydrogen-bond acceptors (Lipinski definition) is 4. The summed E-state index contributed by atoms with van der Waals surface area (Å²) >= 11 is 0. The summed E-state index contributed by atoms with van der Waals surface area (Å²) in [4.78, 5) is 17.3. The Morgan fingerprint density at radius 2 is 1.80 bits per heavy atom. The molecule has 0 spiro atoms. The molecule has 140 valence electrons. The van der Waals surface area contributed by atoms with Crippen molar-refractivity contribution < 1.29 is 9.90 Å². The molecule has 25 heavy (non-hydrogen) atoms. The van der Waals surface area contributed by atoms with Crippen molar-refractivity contribution >= 4 is 5.91 Å². The van der Waals surface area contributed by atoms with Gasteiger partial charge in [-0.2, -0.15) is 0 Å². The van der Waals surface area contributed by atoms with Crippen molar-refractivity contribution in [2.75, 3.05) is 32.7 Å². The number of rotatable bonds is 8. The van der Waals surface area contributed by atoms with E-state index in [1.54, 1.807) is 0 Å². The van der Waals surface area contributed by atoms with Crippen molar-refractivity contribution in [3.8, 4) is 0 Å². The van der Waals surface area contributed by atoms with E-state index in [4.69, 9.17) is 0 Å². The molecule has 0 unspecified atom stereocenters. The Hall–Kier alpha value is -1.43. The van der Waals surface area contributed by atoms with Crippen LogP contribution in [0.5, 0.6) is 0 Å². The Balaban J connectivity index is 1.88. The Bertz CT molecular complexity index is 513. The molecule has 5 nitrogen and oxygen atoms in total. The van der Waals surface area contributed by atoms with E-state index in [9.17, 15) is 9.90 Å². The summed E-state index contributed by atoms with van der Waals surface area (Å²) in [6, 6.07) is 10.2. The smallest absolute Gasteiger partial charge is 0.237 e. The first-order chi connectivity index (χ1) is 12.0. The van der Waals surface area contributed by atoms with Crippen LogP contribution in [0.15, 0.2) is 30.3 Å². The Morgan fingerprint density at radius 3 is 2.36 bits per heavy atom. The topological polar surface area (TPSA) is 55.8 Å². The predicted molar refractivity (Wildman–Crippen MR) is 101 cm³/mol. The van der Waals surface area contributed by atoms with Crippen molar-refractivity contribution in [2.45, 2.75) is 51.8 Å². The van der Waals surface area contributed by atoms with E-state index in [1.165, 1.54) is 5.56 Å². The first-order valence-electron chi connectivity index (χ1n) is 9.51. The molecule has 1 fully saturated rings. The first kappa shape index (κ1) is 19.9. The number of hydrogen-bond donors (Lipinski definition) is 2. The molecule has 3 atom stereocenters. The minimum absolute atomic E-state index is 0.0812. The highest BCUT2D eigenvalue weighted by Crippen LogP contribution is 2.19. The second-order valence-corrected chi connectivity index (χ2v) is 7.12. The highest BCUT2D eigenvalue weighted by Gasteiger charge is 2.27. The van der Waals surface area contributed by atoms with E-state index in [-0.39, 0.29) is 24.1 Å². The van der Waals surface area contributed by atoms with Gasteiger partial charge < -0.3 is 10.4 Å². The molecule has 0 aliphatic carbocycles. The van der Waals surface area contributed by atoms with Crippen LogP contribution in [0.4, 0.5) is 0 Å². The zero-order chi connectivity index (χ0) is 18.2. The van der Waals surface area contributed by atoms with Crippen molar-refractivity contribution in [3.63, 3.8) is 0 Å². The number of benzene rings is 1. The molecule has 1 aliphatic heterocycles. The number of aliphatic hydroxyl groups excluding tert-OH is 1. The summed E-state index contributed by atoms with van der Waals surface area (Å²) in [5.74, 6) is 0.103. The van der Waals surface area contributed by atoms with Crippen LogP contribution in [-0.4, -0.2) is 65.7 Å². The Kier molecular flexibility index (Phi) is 7.88. The molecule has 1 amide bonds. The normalized spacial score (nSPS) is 20.0. The summed E-state index contributed by atoms with van der Waals surface area (Å²) in [6.07, 6.45) is 1.68. The molecule has 5 heteroatoms. The quantitative estimate of drug-likeness (QED) is 0.755. The molecule has 0 radical (unpaired) electrons. The molecule has 2 rings (SSSR count). The number of carbonyl (C=O) groups is 1. The highest BCUT2D eigenvalue weighted by atomic mass is 16.3. The van der Waals surface area contributed by atoms with Crippen molar-refractivity contribution in [3.05, 3.63) is 35.9 Å². The molecule has 0 bridgehead atoms. The monoisotopic (exact) mass is 347 g/mol. The lowest BCUT2D eigenvalue weighted by Gasteiger charge is -2.38. The van der Waals surface area contributed by atoms with Crippen molar-refractivity contribution in [2.24, 2.45) is 0 Å². The van der Waals surface area contributed by atoms with Gasteiger partial charge in [0, 0.05) is 32.7 Å². The zero-order valence-electron chi connectivity index (χ0n) is 15.8. The van der Waals surface area contributed by atoms with Crippen LogP contribution in [0.1, 0.15) is 45.2 Å². The van der Waals surface area contributed by atoms with Gasteiger partial charge in [0.25, 0.3) is 0 Å². The molecule has 2 N–H and O–H groups in total. The van der Waals surface area contributed by atoms with E-state index in [2.05, 4.69) is 34.2 Å². The highest BCUT2D eigenvalue weighted by molar-refractivity contribution is 5.81. The fourth-order valence-corrected chi connectivity index (χ4v) is 3.46. The van der Waals surface area contributed by atoms with Gasteiger partial charge in [-0.1, -0.05) is 43.7 Å². The Morgan fingerprint density at radius 1 is 1.16 bits per heavy atom. The molecule has 1 saturated heterocycles. The number of carbonyl (C=O) groups excluding carboxylic acids is 1. The average Bonchev–Trinajstić information content (AvgIpc) is 2.61. The van der Waals surface area contributed by atoms with Gasteiger partial charge in [-0.05, 0) is 25.8 Å². The van der Waals surface area contributed by atoms with E-state index in [0.717, 1.165) is 39.0 Å². The third kappa shape index (κ3) is 6.10. The minimum atomic E-state index is -0.298. The predicted octanol–water partition coefficient (Wildman–Crippen LogP) is 2.03. The van der Waals surface area contributed by atoms with Crippen LogP contribution >= 0.6 is 0 Å². The van der Waals surface area contributed by atoms with Gasteiger partial charge in [-0.15, -0.1) is 0 Å². The summed E-state index contributed by atoms with van der Waals surface area (Å²) < 4.78 is 0. The van der Waals surface area contributed by atoms with Gasteiger partial charge in [0.15, 0.2) is 0 Å². The molecule has 1 aromatic carbocycles. The van der Waals surface area contributed by atoms with Gasteiger partial charge >= 0.3 is 0 Å². The number of aliphatic hydroxyl groups is 1. The second-order valence-electron chi connectivity index (χ2n) is 7.12. The largest absolute Gasteiger partial charge is 0.392 e. The van der Waals surface area contributed by atoms with E-state index < -0.39 is 0 Å². The van der Waals surface area contributed by atoms with E-state index in [0.29, 0.717) is 6.54 Å². The van der Waals surface area contributed by atoms with Gasteiger partial charge in [0.2, 0.25) is 5.91 Å². The van der Waals surface area contributed by atoms with Gasteiger partial charge in [-0.25, -0.2) is 0 Å². The molecule has 1 aromatic rings. The maximum absolute atomic E-state index is 12.8. The number of nitrogens with one attached hydrogen (secondary N) is 1. The molecular formula is C20H33N3O2. The van der Waals surface area contributed by atoms with Crippen LogP contribution in [0.2, 0.25) is 0 Å². The van der Waals surface area contributed by atoms with Crippen LogP contribution in [-0.2, 0) is 4.79 Å². The fourth-order valence-electron chi connectivity index (χ4n) is 3.46. The van der Waals surface area contributed by atoms with Gasteiger partial charge in [0.1, 0.15) is 0 Å². The molecule has 0 aromatic heterocycles.